The molecular weight excluding hydrogens is 556 g/mol. The fraction of sp³-hybridized carbons (Fsp3) is 0.250. The third-order valence-corrected chi connectivity index (χ3v) is 7.61. The number of aryl methyl sites for hydroxylation is 1. The van der Waals surface area contributed by atoms with Gasteiger partial charge in [0.05, 0.1) is 31.0 Å². The van der Waals surface area contributed by atoms with Crippen LogP contribution >= 0.6 is 11.3 Å². The van der Waals surface area contributed by atoms with Crippen LogP contribution in [0.3, 0.4) is 0 Å². The Labute approximate surface area is 248 Å². The number of anilines is 1. The van der Waals surface area contributed by atoms with E-state index in [1.54, 1.807) is 31.2 Å². The summed E-state index contributed by atoms with van der Waals surface area (Å²) in [5.41, 5.74) is 1.47. The van der Waals surface area contributed by atoms with E-state index in [9.17, 15) is 19.5 Å². The number of hydrogen-bond donors (Lipinski definition) is 1. The highest BCUT2D eigenvalue weighted by atomic mass is 32.1. The Hall–Kier alpha value is -4.70. The quantitative estimate of drug-likeness (QED) is 0.109. The van der Waals surface area contributed by atoms with Gasteiger partial charge in [0.2, 0.25) is 0 Å². The first-order valence-corrected chi connectivity index (χ1v) is 14.2. The average molecular weight is 589 g/mol. The number of allylic oxidation sites excluding steroid dienone is 1. The molecule has 0 saturated heterocycles. The van der Waals surface area contributed by atoms with E-state index in [2.05, 4.69) is 18.5 Å². The number of unbranched alkanes of at least 4 members (excludes halogenated alkanes) is 1. The summed E-state index contributed by atoms with van der Waals surface area (Å²) in [6, 6.07) is 13.2. The van der Waals surface area contributed by atoms with Gasteiger partial charge in [-0.15, -0.1) is 0 Å². The highest BCUT2D eigenvalue weighted by Crippen LogP contribution is 2.45. The van der Waals surface area contributed by atoms with E-state index in [0.717, 1.165) is 29.7 Å². The molecule has 0 bridgehead atoms. The average Bonchev–Trinajstić information content (AvgIpc) is 3.51. The number of methoxy groups -OCH3 is 1. The number of carbonyl (C=O) groups is 3. The number of rotatable bonds is 13. The molecule has 0 spiro atoms. The van der Waals surface area contributed by atoms with Gasteiger partial charge in [0.25, 0.3) is 5.91 Å². The first-order chi connectivity index (χ1) is 20.3. The van der Waals surface area contributed by atoms with Gasteiger partial charge in [0, 0.05) is 0 Å². The van der Waals surface area contributed by atoms with Crippen LogP contribution < -0.4 is 14.4 Å². The predicted octanol–water partition coefficient (Wildman–Crippen LogP) is 6.16. The van der Waals surface area contributed by atoms with Gasteiger partial charge in [0.1, 0.15) is 11.5 Å². The van der Waals surface area contributed by atoms with Crippen molar-refractivity contribution >= 4 is 40.2 Å². The summed E-state index contributed by atoms with van der Waals surface area (Å²) in [7, 11) is 1.50. The van der Waals surface area contributed by atoms with Crippen LogP contribution in [0.15, 0.2) is 78.6 Å². The molecule has 0 saturated carbocycles. The Morgan fingerprint density at radius 1 is 1.17 bits per heavy atom. The minimum absolute atomic E-state index is 0.0119. The summed E-state index contributed by atoms with van der Waals surface area (Å²) in [6.07, 6.45) is 6.19. The smallest absolute Gasteiger partial charge is 0.350 e. The van der Waals surface area contributed by atoms with E-state index in [1.165, 1.54) is 24.2 Å². The van der Waals surface area contributed by atoms with Crippen molar-refractivity contribution in [2.24, 2.45) is 0 Å². The molecule has 1 atom stereocenters. The van der Waals surface area contributed by atoms with E-state index in [1.807, 2.05) is 30.3 Å². The van der Waals surface area contributed by atoms with Crippen LogP contribution in [0.4, 0.5) is 5.13 Å². The molecule has 1 aliphatic heterocycles. The zero-order valence-corrected chi connectivity index (χ0v) is 24.5. The minimum Gasteiger partial charge on any atom is -0.503 e. The van der Waals surface area contributed by atoms with Gasteiger partial charge in [-0.05, 0) is 42.7 Å². The molecular formula is C32H32N2O7S. The van der Waals surface area contributed by atoms with Crippen molar-refractivity contribution < 1.29 is 33.7 Å². The third kappa shape index (κ3) is 6.44. The van der Waals surface area contributed by atoms with Gasteiger partial charge in [-0.25, -0.2) is 9.78 Å². The molecule has 1 amide bonds. The van der Waals surface area contributed by atoms with Crippen LogP contribution in [0, 0.1) is 6.92 Å². The van der Waals surface area contributed by atoms with E-state index in [0.29, 0.717) is 29.4 Å². The molecule has 1 N–H and O–H groups in total. The van der Waals surface area contributed by atoms with Crippen LogP contribution in [0.5, 0.6) is 11.5 Å². The maximum absolute atomic E-state index is 13.6. The van der Waals surface area contributed by atoms with E-state index >= 15 is 0 Å². The molecule has 1 unspecified atom stereocenters. The monoisotopic (exact) mass is 588 g/mol. The van der Waals surface area contributed by atoms with Crippen molar-refractivity contribution in [2.75, 3.05) is 25.2 Å². The fourth-order valence-corrected chi connectivity index (χ4v) is 5.36. The lowest BCUT2D eigenvalue weighted by atomic mass is 9.95. The first kappa shape index (κ1) is 30.3. The molecule has 1 aromatic heterocycles. The van der Waals surface area contributed by atoms with Crippen LogP contribution in [0.1, 0.15) is 52.3 Å². The Balaban J connectivity index is 1.79. The van der Waals surface area contributed by atoms with Crippen molar-refractivity contribution in [3.63, 3.8) is 0 Å². The van der Waals surface area contributed by atoms with Gasteiger partial charge in [0.15, 0.2) is 28.2 Å². The van der Waals surface area contributed by atoms with Gasteiger partial charge >= 0.3 is 5.97 Å². The standard InChI is InChI=1S/C32H32N2O7S/c1-5-7-18-40-24-16-14-22(19-25(24)39-4)27-26(23(35)15-13-21-11-9-8-10-12-21)28(36)30(37)34(27)32-33-20(3)29(42-32)31(38)41-17-6-2/h6,8-16,19,27,36H,2,5,7,17-18H2,1,3-4H3. The molecule has 10 heteroatoms. The molecule has 0 aliphatic carbocycles. The number of thiazole rings is 1. The van der Waals surface area contributed by atoms with Gasteiger partial charge in [-0.3, -0.25) is 14.5 Å². The lowest BCUT2D eigenvalue weighted by Crippen LogP contribution is -2.30. The highest BCUT2D eigenvalue weighted by Gasteiger charge is 2.45. The topological polar surface area (TPSA) is 115 Å². The molecule has 1 aliphatic rings. The van der Waals surface area contributed by atoms with E-state index in [4.69, 9.17) is 14.2 Å². The first-order valence-electron chi connectivity index (χ1n) is 13.4. The number of hydrogen-bond acceptors (Lipinski definition) is 9. The molecule has 42 heavy (non-hydrogen) atoms. The molecule has 0 fully saturated rings. The normalized spacial score (nSPS) is 14.9. The third-order valence-electron chi connectivity index (χ3n) is 6.47. The fourth-order valence-electron chi connectivity index (χ4n) is 4.37. The summed E-state index contributed by atoms with van der Waals surface area (Å²) in [6.45, 7) is 7.73. The van der Waals surface area contributed by atoms with Gasteiger partial charge in [-0.2, -0.15) is 0 Å². The largest absolute Gasteiger partial charge is 0.503 e. The number of aromatic nitrogens is 1. The summed E-state index contributed by atoms with van der Waals surface area (Å²) < 4.78 is 16.6. The number of ketones is 1. The molecule has 2 aromatic carbocycles. The number of amides is 1. The van der Waals surface area contributed by atoms with Crippen molar-refractivity contribution in [3.05, 3.63) is 100 Å². The number of aliphatic hydroxyl groups excluding tert-OH is 1. The Kier molecular flexibility index (Phi) is 9.93. The van der Waals surface area contributed by atoms with Crippen molar-refractivity contribution in [1.29, 1.82) is 0 Å². The molecule has 218 valence electrons. The maximum atomic E-state index is 13.6. The van der Waals surface area contributed by atoms with Crippen LogP contribution in [0.25, 0.3) is 6.08 Å². The van der Waals surface area contributed by atoms with E-state index < -0.39 is 29.5 Å². The SMILES string of the molecule is C=CCOC(=O)c1sc(N2C(=O)C(O)=C(C(=O)C=Cc3ccccc3)C2c2ccc(OCCCC)c(OC)c2)nc1C. The number of nitrogens with zero attached hydrogens (tertiary/aromatic N) is 2. The van der Waals surface area contributed by atoms with Crippen molar-refractivity contribution in [2.45, 2.75) is 32.7 Å². The summed E-state index contributed by atoms with van der Waals surface area (Å²) >= 11 is 0.932. The molecule has 0 radical (unpaired) electrons. The molecule has 3 aromatic rings. The highest BCUT2D eigenvalue weighted by molar-refractivity contribution is 7.17. The zero-order chi connectivity index (χ0) is 30.2. The van der Waals surface area contributed by atoms with Gasteiger partial charge < -0.3 is 19.3 Å². The second-order valence-electron chi connectivity index (χ2n) is 9.36. The lowest BCUT2D eigenvalue weighted by molar-refractivity contribution is -0.117. The maximum Gasteiger partial charge on any atom is 0.350 e. The van der Waals surface area contributed by atoms with Gasteiger partial charge in [-0.1, -0.05) is 79.8 Å². The molecule has 9 nitrogen and oxygen atoms in total. The Morgan fingerprint density at radius 3 is 2.62 bits per heavy atom. The van der Waals surface area contributed by atoms with Crippen molar-refractivity contribution in [1.82, 2.24) is 4.98 Å². The zero-order valence-electron chi connectivity index (χ0n) is 23.7. The predicted molar refractivity (Wildman–Crippen MR) is 161 cm³/mol. The van der Waals surface area contributed by atoms with Crippen LogP contribution in [-0.4, -0.2) is 48.1 Å². The summed E-state index contributed by atoms with van der Waals surface area (Å²) in [4.78, 5) is 45.6. The van der Waals surface area contributed by atoms with Crippen LogP contribution in [-0.2, 0) is 14.3 Å². The summed E-state index contributed by atoms with van der Waals surface area (Å²) in [5, 5.41) is 11.2. The summed E-state index contributed by atoms with van der Waals surface area (Å²) in [5.74, 6) is -1.79. The molecule has 2 heterocycles. The van der Waals surface area contributed by atoms with Crippen molar-refractivity contribution in [3.8, 4) is 11.5 Å². The number of aliphatic hydroxyl groups is 1. The number of carbonyl (C=O) groups excluding carboxylic acids is 3. The minimum atomic E-state index is -1.06. The lowest BCUT2D eigenvalue weighted by Gasteiger charge is -2.25. The van der Waals surface area contributed by atoms with Crippen LogP contribution in [0.2, 0.25) is 0 Å². The molecule has 4 rings (SSSR count). The Bertz CT molecular complexity index is 1540. The Morgan fingerprint density at radius 2 is 1.93 bits per heavy atom. The second kappa shape index (κ2) is 13.8. The number of ether oxygens (including phenoxy) is 3. The van der Waals surface area contributed by atoms with E-state index in [-0.39, 0.29) is 22.2 Å². The number of benzene rings is 2. The number of esters is 1. The second-order valence-corrected chi connectivity index (χ2v) is 10.3.